The summed E-state index contributed by atoms with van der Waals surface area (Å²) in [7, 11) is 1.68. The summed E-state index contributed by atoms with van der Waals surface area (Å²) < 4.78 is 6.19. The van der Waals surface area contributed by atoms with Crippen molar-refractivity contribution in [1.82, 2.24) is 4.98 Å². The third kappa shape index (κ3) is 1.65. The molecule has 0 N–H and O–H groups in total. The monoisotopic (exact) mass is 251 g/mol. The summed E-state index contributed by atoms with van der Waals surface area (Å²) in [5, 5.41) is 2.32. The van der Waals surface area contributed by atoms with Gasteiger partial charge in [-0.15, -0.1) is 0 Å². The van der Waals surface area contributed by atoms with Crippen molar-refractivity contribution < 1.29 is 4.74 Å². The SMILES string of the molecule is COCc1nccc2c(Br)cccc12. The topological polar surface area (TPSA) is 22.1 Å². The molecule has 72 valence electrons. The van der Waals surface area contributed by atoms with Gasteiger partial charge in [0.25, 0.3) is 0 Å². The standard InChI is InChI=1S/C11H10BrNO/c1-14-7-11-9-3-2-4-10(12)8(9)5-6-13-11/h2-6H,7H2,1H3. The van der Waals surface area contributed by atoms with Crippen LogP contribution in [-0.4, -0.2) is 12.1 Å². The van der Waals surface area contributed by atoms with E-state index in [-0.39, 0.29) is 0 Å². The molecule has 0 saturated carbocycles. The molecular weight excluding hydrogens is 242 g/mol. The van der Waals surface area contributed by atoms with Crippen molar-refractivity contribution in [3.8, 4) is 0 Å². The third-order valence-corrected chi connectivity index (χ3v) is 2.81. The molecule has 3 heteroatoms. The van der Waals surface area contributed by atoms with Gasteiger partial charge in [0.1, 0.15) is 0 Å². The lowest BCUT2D eigenvalue weighted by molar-refractivity contribution is 0.182. The van der Waals surface area contributed by atoms with Gasteiger partial charge in [-0.25, -0.2) is 0 Å². The van der Waals surface area contributed by atoms with E-state index >= 15 is 0 Å². The average Bonchev–Trinajstić information content (AvgIpc) is 2.20. The molecule has 2 rings (SSSR count). The first-order valence-corrected chi connectivity index (χ1v) is 5.13. The van der Waals surface area contributed by atoms with Crippen LogP contribution in [0.25, 0.3) is 10.8 Å². The lowest BCUT2D eigenvalue weighted by Gasteiger charge is -2.05. The molecule has 0 aliphatic carbocycles. The molecule has 0 radical (unpaired) electrons. The number of nitrogens with zero attached hydrogens (tertiary/aromatic N) is 1. The molecule has 0 unspecified atom stereocenters. The summed E-state index contributed by atoms with van der Waals surface area (Å²) in [5.74, 6) is 0. The van der Waals surface area contributed by atoms with Crippen molar-refractivity contribution in [2.75, 3.05) is 7.11 Å². The minimum atomic E-state index is 0.549. The zero-order chi connectivity index (χ0) is 9.97. The second-order valence-corrected chi connectivity index (χ2v) is 3.88. The van der Waals surface area contributed by atoms with Crippen LogP contribution in [0.3, 0.4) is 0 Å². The van der Waals surface area contributed by atoms with Gasteiger partial charge >= 0.3 is 0 Å². The Balaban J connectivity index is 2.68. The van der Waals surface area contributed by atoms with Crippen molar-refractivity contribution >= 4 is 26.7 Å². The van der Waals surface area contributed by atoms with Gasteiger partial charge in [0.2, 0.25) is 0 Å². The van der Waals surface area contributed by atoms with Crippen LogP contribution >= 0.6 is 15.9 Å². The molecule has 0 fully saturated rings. The van der Waals surface area contributed by atoms with E-state index in [1.165, 1.54) is 5.39 Å². The fourth-order valence-corrected chi connectivity index (χ4v) is 1.98. The minimum absolute atomic E-state index is 0.549. The zero-order valence-electron chi connectivity index (χ0n) is 7.83. The molecule has 14 heavy (non-hydrogen) atoms. The fourth-order valence-electron chi connectivity index (χ4n) is 1.48. The maximum absolute atomic E-state index is 5.10. The number of halogens is 1. The average molecular weight is 252 g/mol. The Kier molecular flexibility index (Phi) is 2.79. The summed E-state index contributed by atoms with van der Waals surface area (Å²) in [6.07, 6.45) is 1.81. The van der Waals surface area contributed by atoms with Crippen LogP contribution < -0.4 is 0 Å². The number of fused-ring (bicyclic) bond motifs is 1. The highest BCUT2D eigenvalue weighted by Gasteiger charge is 2.03. The van der Waals surface area contributed by atoms with Gasteiger partial charge < -0.3 is 4.74 Å². The Bertz CT molecular complexity index is 456. The van der Waals surface area contributed by atoms with E-state index in [4.69, 9.17) is 4.74 Å². The fraction of sp³-hybridized carbons (Fsp3) is 0.182. The van der Waals surface area contributed by atoms with Crippen molar-refractivity contribution in [1.29, 1.82) is 0 Å². The van der Waals surface area contributed by atoms with Gasteiger partial charge in [0.15, 0.2) is 0 Å². The molecule has 2 aromatic rings. The quantitative estimate of drug-likeness (QED) is 0.819. The maximum Gasteiger partial charge on any atom is 0.0890 e. The molecule has 0 amide bonds. The van der Waals surface area contributed by atoms with Gasteiger partial charge in [-0.05, 0) is 17.5 Å². The lowest BCUT2D eigenvalue weighted by atomic mass is 10.1. The first kappa shape index (κ1) is 9.62. The van der Waals surface area contributed by atoms with Crippen molar-refractivity contribution in [3.05, 3.63) is 40.6 Å². The summed E-state index contributed by atoms with van der Waals surface area (Å²) in [5.41, 5.74) is 0.978. The van der Waals surface area contributed by atoms with Crippen LogP contribution in [0.1, 0.15) is 5.69 Å². The van der Waals surface area contributed by atoms with E-state index in [2.05, 4.69) is 27.0 Å². The highest BCUT2D eigenvalue weighted by Crippen LogP contribution is 2.25. The van der Waals surface area contributed by atoms with Crippen LogP contribution in [0.15, 0.2) is 34.9 Å². The van der Waals surface area contributed by atoms with E-state index in [0.29, 0.717) is 6.61 Å². The van der Waals surface area contributed by atoms with Gasteiger partial charge in [-0.2, -0.15) is 0 Å². The summed E-state index contributed by atoms with van der Waals surface area (Å²) in [6.45, 7) is 0.549. The summed E-state index contributed by atoms with van der Waals surface area (Å²) in [6, 6.07) is 8.09. The number of methoxy groups -OCH3 is 1. The highest BCUT2D eigenvalue weighted by molar-refractivity contribution is 9.10. The Labute approximate surface area is 91.0 Å². The molecule has 1 aromatic carbocycles. The van der Waals surface area contributed by atoms with Gasteiger partial charge in [-0.1, -0.05) is 28.1 Å². The van der Waals surface area contributed by atoms with Crippen LogP contribution in [0.5, 0.6) is 0 Å². The van der Waals surface area contributed by atoms with E-state index in [1.54, 1.807) is 13.3 Å². The molecule has 2 nitrogen and oxygen atoms in total. The smallest absolute Gasteiger partial charge is 0.0890 e. The predicted molar refractivity (Wildman–Crippen MR) is 60.2 cm³/mol. The molecule has 0 aliphatic rings. The predicted octanol–water partition coefficient (Wildman–Crippen LogP) is 3.14. The minimum Gasteiger partial charge on any atom is -0.378 e. The molecule has 1 heterocycles. The molecule has 0 bridgehead atoms. The Hall–Kier alpha value is -0.930. The normalized spacial score (nSPS) is 10.7. The molecule has 0 spiro atoms. The molecule has 0 aliphatic heterocycles. The van der Waals surface area contributed by atoms with Gasteiger partial charge in [-0.3, -0.25) is 4.98 Å². The molecular formula is C11H10BrNO. The number of aromatic nitrogens is 1. The number of hydrogen-bond acceptors (Lipinski definition) is 2. The Morgan fingerprint density at radius 3 is 2.93 bits per heavy atom. The van der Waals surface area contributed by atoms with Crippen molar-refractivity contribution in [3.63, 3.8) is 0 Å². The zero-order valence-corrected chi connectivity index (χ0v) is 9.41. The second-order valence-electron chi connectivity index (χ2n) is 3.03. The van der Waals surface area contributed by atoms with Crippen LogP contribution in [0, 0.1) is 0 Å². The third-order valence-electron chi connectivity index (χ3n) is 2.12. The summed E-state index contributed by atoms with van der Waals surface area (Å²) >= 11 is 3.51. The number of pyridine rings is 1. The van der Waals surface area contributed by atoms with E-state index < -0.39 is 0 Å². The highest BCUT2D eigenvalue weighted by atomic mass is 79.9. The first-order chi connectivity index (χ1) is 6.83. The van der Waals surface area contributed by atoms with Crippen LogP contribution in [-0.2, 0) is 11.3 Å². The second kappa shape index (κ2) is 4.07. The molecule has 0 saturated heterocycles. The van der Waals surface area contributed by atoms with Gasteiger partial charge in [0, 0.05) is 23.2 Å². The molecule has 1 aromatic heterocycles. The van der Waals surface area contributed by atoms with Gasteiger partial charge in [0.05, 0.1) is 12.3 Å². The number of benzene rings is 1. The maximum atomic E-state index is 5.10. The largest absolute Gasteiger partial charge is 0.378 e. The first-order valence-electron chi connectivity index (χ1n) is 4.34. The lowest BCUT2D eigenvalue weighted by Crippen LogP contribution is -1.93. The number of rotatable bonds is 2. The van der Waals surface area contributed by atoms with E-state index in [9.17, 15) is 0 Å². The Morgan fingerprint density at radius 1 is 1.29 bits per heavy atom. The van der Waals surface area contributed by atoms with Crippen molar-refractivity contribution in [2.24, 2.45) is 0 Å². The molecule has 0 atom stereocenters. The van der Waals surface area contributed by atoms with Crippen LogP contribution in [0.4, 0.5) is 0 Å². The Morgan fingerprint density at radius 2 is 2.14 bits per heavy atom. The number of ether oxygens (including phenoxy) is 1. The van der Waals surface area contributed by atoms with E-state index in [0.717, 1.165) is 15.6 Å². The number of hydrogen-bond donors (Lipinski definition) is 0. The van der Waals surface area contributed by atoms with Crippen molar-refractivity contribution in [2.45, 2.75) is 6.61 Å². The summed E-state index contributed by atoms with van der Waals surface area (Å²) in [4.78, 5) is 4.29. The van der Waals surface area contributed by atoms with Crippen LogP contribution in [0.2, 0.25) is 0 Å². The van der Waals surface area contributed by atoms with E-state index in [1.807, 2.05) is 18.2 Å².